The molecule has 2 rings (SSSR count). The van der Waals surface area contributed by atoms with Crippen molar-refractivity contribution in [3.8, 4) is 0 Å². The first-order chi connectivity index (χ1) is 5.68. The minimum atomic E-state index is -1.01. The summed E-state index contributed by atoms with van der Waals surface area (Å²) in [6.45, 7) is 0. The number of aromatic nitrogens is 2. The first kappa shape index (κ1) is 7.15. The molecule has 0 saturated heterocycles. The van der Waals surface area contributed by atoms with Crippen molar-refractivity contribution >= 4 is 11.8 Å². The van der Waals surface area contributed by atoms with Crippen molar-refractivity contribution < 1.29 is 9.90 Å². The molecule has 0 radical (unpaired) electrons. The number of carboxylic acids is 1. The van der Waals surface area contributed by atoms with Crippen LogP contribution in [0.4, 0.5) is 5.82 Å². The summed E-state index contributed by atoms with van der Waals surface area (Å²) in [5.74, 6) is -0.909. The van der Waals surface area contributed by atoms with Gasteiger partial charge in [0.15, 0.2) is 5.82 Å². The van der Waals surface area contributed by atoms with Gasteiger partial charge < -0.3 is 10.8 Å². The highest BCUT2D eigenvalue weighted by molar-refractivity contribution is 5.92. The van der Waals surface area contributed by atoms with Gasteiger partial charge in [0, 0.05) is 6.20 Å². The molecule has 1 heterocycles. The quantitative estimate of drug-likeness (QED) is 0.672. The summed E-state index contributed by atoms with van der Waals surface area (Å²) in [4.78, 5) is 10.5. The van der Waals surface area contributed by atoms with Crippen LogP contribution in [0.1, 0.15) is 29.2 Å². The molecule has 3 N–H and O–H groups in total. The molecule has 1 aromatic heterocycles. The third kappa shape index (κ3) is 1.03. The second kappa shape index (κ2) is 2.23. The third-order valence-corrected chi connectivity index (χ3v) is 1.91. The number of anilines is 1. The minimum absolute atomic E-state index is 0.0990. The number of rotatable bonds is 2. The average Bonchev–Trinajstić information content (AvgIpc) is 2.75. The summed E-state index contributed by atoms with van der Waals surface area (Å²) >= 11 is 0. The summed E-state index contributed by atoms with van der Waals surface area (Å²) in [6.07, 6.45) is 3.63. The Hall–Kier alpha value is -1.52. The van der Waals surface area contributed by atoms with Gasteiger partial charge in [-0.3, -0.25) is 4.68 Å². The Balaban J connectivity index is 2.36. The maximum absolute atomic E-state index is 10.5. The Morgan fingerprint density at radius 2 is 2.42 bits per heavy atom. The normalized spacial score (nSPS) is 16.3. The molecule has 5 nitrogen and oxygen atoms in total. The van der Waals surface area contributed by atoms with E-state index in [0.29, 0.717) is 6.04 Å². The molecule has 0 bridgehead atoms. The maximum Gasteiger partial charge on any atom is 0.341 e. The second-order valence-corrected chi connectivity index (χ2v) is 2.94. The topological polar surface area (TPSA) is 81.1 Å². The molecule has 0 aromatic carbocycles. The average molecular weight is 167 g/mol. The lowest BCUT2D eigenvalue weighted by atomic mass is 10.3. The van der Waals surface area contributed by atoms with Crippen molar-refractivity contribution in [3.63, 3.8) is 0 Å². The van der Waals surface area contributed by atoms with Crippen LogP contribution in [0.5, 0.6) is 0 Å². The van der Waals surface area contributed by atoms with Crippen LogP contribution in [-0.2, 0) is 0 Å². The van der Waals surface area contributed by atoms with Gasteiger partial charge in [-0.15, -0.1) is 0 Å². The Bertz CT molecular complexity index is 327. The number of hydrogen-bond acceptors (Lipinski definition) is 3. The molecule has 0 spiro atoms. The number of carboxylic acid groups (broad SMARTS) is 1. The van der Waals surface area contributed by atoms with Crippen LogP contribution < -0.4 is 5.73 Å². The Kier molecular flexibility index (Phi) is 1.33. The molecule has 12 heavy (non-hydrogen) atoms. The monoisotopic (exact) mass is 167 g/mol. The number of aromatic carboxylic acids is 1. The highest BCUT2D eigenvalue weighted by Crippen LogP contribution is 2.34. The SMILES string of the molecule is Nc1nn(C2CC2)cc1C(=O)O. The first-order valence-electron chi connectivity index (χ1n) is 3.76. The van der Waals surface area contributed by atoms with Crippen molar-refractivity contribution in [2.45, 2.75) is 18.9 Å². The van der Waals surface area contributed by atoms with Gasteiger partial charge >= 0.3 is 5.97 Å². The molecule has 0 atom stereocenters. The fourth-order valence-electron chi connectivity index (χ4n) is 1.10. The number of carbonyl (C=O) groups is 1. The van der Waals surface area contributed by atoms with Crippen LogP contribution >= 0.6 is 0 Å². The fraction of sp³-hybridized carbons (Fsp3) is 0.429. The lowest BCUT2D eigenvalue weighted by molar-refractivity contribution is 0.0698. The first-order valence-corrected chi connectivity index (χ1v) is 3.76. The molecule has 1 fully saturated rings. The van der Waals surface area contributed by atoms with Gasteiger partial charge in [0.25, 0.3) is 0 Å². The van der Waals surface area contributed by atoms with E-state index in [2.05, 4.69) is 5.10 Å². The van der Waals surface area contributed by atoms with Gasteiger partial charge in [-0.25, -0.2) is 4.79 Å². The van der Waals surface area contributed by atoms with E-state index in [4.69, 9.17) is 10.8 Å². The van der Waals surface area contributed by atoms with Crippen LogP contribution in [0, 0.1) is 0 Å². The summed E-state index contributed by atoms with van der Waals surface area (Å²) in [5, 5.41) is 12.6. The molecule has 0 unspecified atom stereocenters. The number of nitrogen functional groups attached to an aromatic ring is 1. The number of nitrogens with zero attached hydrogens (tertiary/aromatic N) is 2. The Morgan fingerprint density at radius 3 is 2.83 bits per heavy atom. The molecular formula is C7H9N3O2. The Morgan fingerprint density at radius 1 is 1.75 bits per heavy atom. The van der Waals surface area contributed by atoms with Gasteiger partial charge in [-0.1, -0.05) is 0 Å². The van der Waals surface area contributed by atoms with Gasteiger partial charge in [-0.2, -0.15) is 5.10 Å². The highest BCUT2D eigenvalue weighted by Gasteiger charge is 2.26. The minimum Gasteiger partial charge on any atom is -0.477 e. The summed E-state index contributed by atoms with van der Waals surface area (Å²) < 4.78 is 1.64. The molecular weight excluding hydrogens is 158 g/mol. The summed E-state index contributed by atoms with van der Waals surface area (Å²) in [5.41, 5.74) is 5.49. The molecule has 1 aliphatic carbocycles. The van der Waals surface area contributed by atoms with Crippen molar-refractivity contribution in [1.82, 2.24) is 9.78 Å². The van der Waals surface area contributed by atoms with Crippen molar-refractivity contribution in [3.05, 3.63) is 11.8 Å². The summed E-state index contributed by atoms with van der Waals surface area (Å²) in [6, 6.07) is 0.375. The van der Waals surface area contributed by atoms with E-state index in [-0.39, 0.29) is 11.4 Å². The predicted octanol–water partition coefficient (Wildman–Crippen LogP) is 0.498. The van der Waals surface area contributed by atoms with Crippen LogP contribution in [0.15, 0.2) is 6.20 Å². The van der Waals surface area contributed by atoms with E-state index in [1.54, 1.807) is 4.68 Å². The largest absolute Gasteiger partial charge is 0.477 e. The van der Waals surface area contributed by atoms with Crippen molar-refractivity contribution in [1.29, 1.82) is 0 Å². The summed E-state index contributed by atoms with van der Waals surface area (Å²) in [7, 11) is 0. The van der Waals surface area contributed by atoms with Gasteiger partial charge in [-0.05, 0) is 12.8 Å². The fourth-order valence-corrected chi connectivity index (χ4v) is 1.10. The molecule has 5 heteroatoms. The van der Waals surface area contributed by atoms with E-state index in [1.807, 2.05) is 0 Å². The van der Waals surface area contributed by atoms with Gasteiger partial charge in [0.1, 0.15) is 5.56 Å². The van der Waals surface area contributed by atoms with Gasteiger partial charge in [0.05, 0.1) is 6.04 Å². The molecule has 64 valence electrons. The number of nitrogens with two attached hydrogens (primary N) is 1. The lowest BCUT2D eigenvalue weighted by Gasteiger charge is -1.91. The van der Waals surface area contributed by atoms with E-state index in [1.165, 1.54) is 6.20 Å². The van der Waals surface area contributed by atoms with E-state index in [9.17, 15) is 4.79 Å². The maximum atomic E-state index is 10.5. The zero-order chi connectivity index (χ0) is 8.72. The predicted molar refractivity (Wildman–Crippen MR) is 41.9 cm³/mol. The highest BCUT2D eigenvalue weighted by atomic mass is 16.4. The van der Waals surface area contributed by atoms with E-state index >= 15 is 0 Å². The molecule has 0 aliphatic heterocycles. The molecule has 1 aromatic rings. The second-order valence-electron chi connectivity index (χ2n) is 2.94. The van der Waals surface area contributed by atoms with Crippen LogP contribution in [0.2, 0.25) is 0 Å². The molecule has 0 amide bonds. The zero-order valence-corrected chi connectivity index (χ0v) is 6.40. The van der Waals surface area contributed by atoms with E-state index < -0.39 is 5.97 Å². The zero-order valence-electron chi connectivity index (χ0n) is 6.40. The smallest absolute Gasteiger partial charge is 0.341 e. The van der Waals surface area contributed by atoms with Crippen molar-refractivity contribution in [2.75, 3.05) is 5.73 Å². The molecule has 1 aliphatic rings. The lowest BCUT2D eigenvalue weighted by Crippen LogP contribution is -1.98. The van der Waals surface area contributed by atoms with Crippen LogP contribution in [0.25, 0.3) is 0 Å². The standard InChI is InChI=1S/C7H9N3O2/c8-6-5(7(11)12)3-10(9-6)4-1-2-4/h3-4H,1-2H2,(H2,8,9)(H,11,12). The van der Waals surface area contributed by atoms with Crippen molar-refractivity contribution in [2.24, 2.45) is 0 Å². The Labute approximate surface area is 68.8 Å². The van der Waals surface area contributed by atoms with E-state index in [0.717, 1.165) is 12.8 Å². The van der Waals surface area contributed by atoms with Gasteiger partial charge in [0.2, 0.25) is 0 Å². The third-order valence-electron chi connectivity index (χ3n) is 1.91. The number of hydrogen-bond donors (Lipinski definition) is 2. The van der Waals surface area contributed by atoms with Crippen LogP contribution in [-0.4, -0.2) is 20.9 Å². The van der Waals surface area contributed by atoms with Crippen LogP contribution in [0.3, 0.4) is 0 Å². The molecule has 1 saturated carbocycles.